The molecule has 4 heterocycles. The lowest BCUT2D eigenvalue weighted by Gasteiger charge is -2.14. The fourth-order valence-corrected chi connectivity index (χ4v) is 3.53. The van der Waals surface area contributed by atoms with Gasteiger partial charge in [0.1, 0.15) is 17.4 Å². The molecule has 1 aromatic carbocycles. The molecule has 0 unspecified atom stereocenters. The Morgan fingerprint density at radius 1 is 1.10 bits per heavy atom. The van der Waals surface area contributed by atoms with Crippen LogP contribution in [0, 0.1) is 25.2 Å². The summed E-state index contributed by atoms with van der Waals surface area (Å²) in [6.07, 6.45) is 6.78. The first-order valence-corrected chi connectivity index (χ1v) is 9.00. The van der Waals surface area contributed by atoms with Gasteiger partial charge < -0.3 is 9.15 Å². The van der Waals surface area contributed by atoms with Crippen LogP contribution in [0.2, 0.25) is 0 Å². The normalized spacial score (nSPS) is 11.1. The van der Waals surface area contributed by atoms with Gasteiger partial charge in [0.25, 0.3) is 0 Å². The molecule has 0 saturated carbocycles. The first-order valence-electron chi connectivity index (χ1n) is 9.00. The molecule has 0 saturated heterocycles. The molecule has 0 amide bonds. The van der Waals surface area contributed by atoms with Crippen LogP contribution < -0.4 is 4.74 Å². The average Bonchev–Trinajstić information content (AvgIpc) is 3.38. The fraction of sp³-hybridized carbons (Fsp3) is 0.0909. The molecule has 0 fully saturated rings. The number of furan rings is 1. The van der Waals surface area contributed by atoms with Gasteiger partial charge >= 0.3 is 0 Å². The molecule has 0 N–H and O–H groups in total. The van der Waals surface area contributed by atoms with Crippen LogP contribution in [-0.2, 0) is 0 Å². The molecule has 0 atom stereocenters. The molecule has 0 aliphatic rings. The third-order valence-corrected chi connectivity index (χ3v) is 4.83. The van der Waals surface area contributed by atoms with Crippen LogP contribution in [-0.4, -0.2) is 19.4 Å². The van der Waals surface area contributed by atoms with Crippen LogP contribution in [0.3, 0.4) is 0 Å². The van der Waals surface area contributed by atoms with Crippen molar-refractivity contribution in [1.29, 1.82) is 5.26 Å². The van der Waals surface area contributed by atoms with E-state index in [1.165, 1.54) is 0 Å². The predicted molar refractivity (Wildman–Crippen MR) is 107 cm³/mol. The van der Waals surface area contributed by atoms with E-state index in [0.717, 1.165) is 33.5 Å². The number of ether oxygens (including phenoxy) is 1. The summed E-state index contributed by atoms with van der Waals surface area (Å²) in [6.45, 7) is 3.90. The zero-order valence-corrected chi connectivity index (χ0v) is 15.7. The van der Waals surface area contributed by atoms with Crippen LogP contribution in [0.15, 0.2) is 59.6 Å². The Morgan fingerprint density at radius 2 is 2.00 bits per heavy atom. The Balaban J connectivity index is 1.59. The van der Waals surface area contributed by atoms with Gasteiger partial charge in [-0.05, 0) is 49.7 Å². The molecule has 4 aromatic heterocycles. The summed E-state index contributed by atoms with van der Waals surface area (Å²) in [4.78, 5) is 13.0. The Bertz CT molecular complexity index is 1420. The minimum absolute atomic E-state index is 0.313. The monoisotopic (exact) mass is 381 g/mol. The van der Waals surface area contributed by atoms with Gasteiger partial charge in [-0.1, -0.05) is 0 Å². The van der Waals surface area contributed by atoms with Gasteiger partial charge in [0, 0.05) is 24.2 Å². The van der Waals surface area contributed by atoms with E-state index in [-0.39, 0.29) is 0 Å². The van der Waals surface area contributed by atoms with Crippen molar-refractivity contribution in [2.24, 2.45) is 0 Å². The number of hydrogen-bond donors (Lipinski definition) is 0. The fourth-order valence-electron chi connectivity index (χ4n) is 3.53. The molecule has 7 heteroatoms. The number of fused-ring (bicyclic) bond motifs is 2. The minimum atomic E-state index is 0.313. The van der Waals surface area contributed by atoms with Gasteiger partial charge in [-0.15, -0.1) is 0 Å². The lowest BCUT2D eigenvalue weighted by atomic mass is 10.0. The quantitative estimate of drug-likeness (QED) is 0.445. The smallest absolute Gasteiger partial charge is 0.230 e. The highest BCUT2D eigenvalue weighted by atomic mass is 16.5. The molecule has 29 heavy (non-hydrogen) atoms. The van der Waals surface area contributed by atoms with Crippen molar-refractivity contribution < 1.29 is 9.15 Å². The maximum atomic E-state index is 9.34. The zero-order chi connectivity index (χ0) is 20.0. The van der Waals surface area contributed by atoms with Gasteiger partial charge in [0.15, 0.2) is 11.3 Å². The second-order valence-corrected chi connectivity index (χ2v) is 6.65. The molecule has 0 bridgehead atoms. The number of pyridine rings is 1. The van der Waals surface area contributed by atoms with Crippen molar-refractivity contribution in [3.8, 4) is 29.0 Å². The number of hydrogen-bond acceptors (Lipinski definition) is 6. The molecular formula is C22H15N5O2. The van der Waals surface area contributed by atoms with Crippen LogP contribution in [0.1, 0.15) is 17.0 Å². The van der Waals surface area contributed by atoms with Gasteiger partial charge in [0.05, 0.1) is 23.0 Å². The number of rotatable bonds is 3. The van der Waals surface area contributed by atoms with Crippen molar-refractivity contribution in [2.75, 3.05) is 0 Å². The van der Waals surface area contributed by atoms with E-state index in [0.29, 0.717) is 23.0 Å². The van der Waals surface area contributed by atoms with Gasteiger partial charge in [-0.2, -0.15) is 5.26 Å². The van der Waals surface area contributed by atoms with Crippen molar-refractivity contribution in [3.63, 3.8) is 0 Å². The van der Waals surface area contributed by atoms with E-state index in [1.54, 1.807) is 24.7 Å². The second-order valence-electron chi connectivity index (χ2n) is 6.65. The summed E-state index contributed by atoms with van der Waals surface area (Å²) in [5.74, 6) is 1.17. The van der Waals surface area contributed by atoms with E-state index < -0.39 is 0 Å². The number of benzene rings is 1. The maximum absolute atomic E-state index is 9.34. The molecule has 0 spiro atoms. The highest BCUT2D eigenvalue weighted by molar-refractivity contribution is 5.82. The Morgan fingerprint density at radius 3 is 2.83 bits per heavy atom. The number of aryl methyl sites for hydroxylation is 2. The van der Waals surface area contributed by atoms with Gasteiger partial charge in [-0.25, -0.2) is 15.0 Å². The number of nitriles is 1. The maximum Gasteiger partial charge on any atom is 0.230 e. The summed E-state index contributed by atoms with van der Waals surface area (Å²) in [6, 6.07) is 11.6. The molecular weight excluding hydrogens is 366 g/mol. The predicted octanol–water partition coefficient (Wildman–Crippen LogP) is 4.82. The van der Waals surface area contributed by atoms with Crippen LogP contribution in [0.25, 0.3) is 27.9 Å². The van der Waals surface area contributed by atoms with Crippen LogP contribution in [0.4, 0.5) is 0 Å². The standard InChI is InChI=1S/C22H15N5O2/c1-13-11-15(29-22-17-6-10-28-19(17)5-7-25-22)3-4-16(13)20-14(2)26-18(12-23)21-24-8-9-27(20)21/h3-11H,1-2H3. The topological polar surface area (TPSA) is 89.2 Å². The van der Waals surface area contributed by atoms with Crippen molar-refractivity contribution in [3.05, 3.63) is 72.1 Å². The van der Waals surface area contributed by atoms with Crippen molar-refractivity contribution in [2.45, 2.75) is 13.8 Å². The first-order chi connectivity index (χ1) is 14.2. The Hall–Kier alpha value is -4.18. The lowest BCUT2D eigenvalue weighted by Crippen LogP contribution is -2.02. The highest BCUT2D eigenvalue weighted by Gasteiger charge is 2.16. The average molecular weight is 381 g/mol. The first kappa shape index (κ1) is 17.0. The molecule has 0 aliphatic carbocycles. The summed E-state index contributed by atoms with van der Waals surface area (Å²) in [5.41, 5.74) is 5.24. The Kier molecular flexibility index (Phi) is 3.78. The van der Waals surface area contributed by atoms with Crippen molar-refractivity contribution >= 4 is 16.6 Å². The van der Waals surface area contributed by atoms with E-state index in [4.69, 9.17) is 9.15 Å². The summed E-state index contributed by atoms with van der Waals surface area (Å²) in [7, 11) is 0. The van der Waals surface area contributed by atoms with Crippen LogP contribution >= 0.6 is 0 Å². The number of imidazole rings is 1. The molecule has 0 aliphatic heterocycles. The van der Waals surface area contributed by atoms with Crippen LogP contribution in [0.5, 0.6) is 11.6 Å². The van der Waals surface area contributed by atoms with E-state index in [9.17, 15) is 5.26 Å². The van der Waals surface area contributed by atoms with Crippen molar-refractivity contribution in [1.82, 2.24) is 19.4 Å². The third-order valence-electron chi connectivity index (χ3n) is 4.83. The van der Waals surface area contributed by atoms with Gasteiger partial charge in [-0.3, -0.25) is 4.40 Å². The minimum Gasteiger partial charge on any atom is -0.464 e. The molecule has 0 radical (unpaired) electrons. The van der Waals surface area contributed by atoms with E-state index in [1.807, 2.05) is 48.7 Å². The highest BCUT2D eigenvalue weighted by Crippen LogP contribution is 2.33. The van der Waals surface area contributed by atoms with E-state index in [2.05, 4.69) is 21.0 Å². The summed E-state index contributed by atoms with van der Waals surface area (Å²) < 4.78 is 13.3. The van der Waals surface area contributed by atoms with Gasteiger partial charge in [0.2, 0.25) is 5.88 Å². The molecule has 5 aromatic rings. The summed E-state index contributed by atoms with van der Waals surface area (Å²) >= 11 is 0. The number of nitrogens with zero attached hydrogens (tertiary/aromatic N) is 5. The SMILES string of the molecule is Cc1cc(Oc2nccc3occc23)ccc1-c1c(C)nc(C#N)c2nccn12. The summed E-state index contributed by atoms with van der Waals surface area (Å²) in [5, 5.41) is 10.2. The molecule has 7 nitrogen and oxygen atoms in total. The third kappa shape index (κ3) is 2.70. The zero-order valence-electron chi connectivity index (χ0n) is 15.7. The lowest BCUT2D eigenvalue weighted by molar-refractivity contribution is 0.468. The second kappa shape index (κ2) is 6.46. The van der Waals surface area contributed by atoms with E-state index >= 15 is 0 Å². The largest absolute Gasteiger partial charge is 0.464 e. The Labute approximate surface area is 165 Å². The molecule has 140 valence electrons. The number of aromatic nitrogens is 4. The molecule has 5 rings (SSSR count).